The normalized spacial score (nSPS) is 25.1. The van der Waals surface area contributed by atoms with Crippen LogP contribution in [-0.2, 0) is 14.3 Å². The highest BCUT2D eigenvalue weighted by Gasteiger charge is 2.53. The molecule has 1 aromatic heterocycles. The standard InChI is InChI=1S/C25H38O5S/c1-6-8-9-10-21(24(28)30-16(3)4)22-14-19(26)15-25(22,29)23(27)13-18(7-2)20-11-12-31-17(20)5/h10-12,16,18-19,22,26,29H,6-9,13-15H2,1-5H3/t18-,19-,22?,25-/m1/s1. The molecule has 6 heteroatoms. The summed E-state index contributed by atoms with van der Waals surface area (Å²) >= 11 is 1.65. The molecule has 0 radical (unpaired) electrons. The van der Waals surface area contributed by atoms with Gasteiger partial charge in [0.25, 0.3) is 0 Å². The fourth-order valence-corrected chi connectivity index (χ4v) is 5.34. The molecule has 0 bridgehead atoms. The molecule has 1 aliphatic carbocycles. The first-order chi connectivity index (χ1) is 14.6. The zero-order valence-electron chi connectivity index (χ0n) is 19.5. The molecule has 1 aromatic rings. The smallest absolute Gasteiger partial charge is 0.334 e. The summed E-state index contributed by atoms with van der Waals surface area (Å²) in [5.41, 5.74) is -0.294. The summed E-state index contributed by atoms with van der Waals surface area (Å²) in [6.45, 7) is 9.70. The highest BCUT2D eigenvalue weighted by Crippen LogP contribution is 2.44. The fourth-order valence-electron chi connectivity index (χ4n) is 4.55. The second-order valence-electron chi connectivity index (χ2n) is 8.99. The Morgan fingerprint density at radius 3 is 2.61 bits per heavy atom. The number of esters is 1. The number of aliphatic hydroxyl groups excluding tert-OH is 1. The lowest BCUT2D eigenvalue weighted by Crippen LogP contribution is -2.45. The molecule has 0 spiro atoms. The van der Waals surface area contributed by atoms with E-state index in [0.717, 1.165) is 24.8 Å². The molecular weight excluding hydrogens is 412 g/mol. The Morgan fingerprint density at radius 1 is 1.35 bits per heavy atom. The molecule has 2 N–H and O–H groups in total. The highest BCUT2D eigenvalue weighted by atomic mass is 32.1. The van der Waals surface area contributed by atoms with Crippen molar-refractivity contribution < 1.29 is 24.5 Å². The second kappa shape index (κ2) is 11.4. The third-order valence-corrected chi connectivity index (χ3v) is 7.11. The Morgan fingerprint density at radius 2 is 2.06 bits per heavy atom. The van der Waals surface area contributed by atoms with Crippen LogP contribution in [0.2, 0.25) is 0 Å². The molecule has 0 aliphatic heterocycles. The third-order valence-electron chi connectivity index (χ3n) is 6.25. The monoisotopic (exact) mass is 450 g/mol. The molecule has 1 fully saturated rings. The van der Waals surface area contributed by atoms with Gasteiger partial charge in [0.2, 0.25) is 0 Å². The average Bonchev–Trinajstić information content (AvgIpc) is 3.25. The summed E-state index contributed by atoms with van der Waals surface area (Å²) in [6.07, 6.45) is 4.31. The van der Waals surface area contributed by atoms with Gasteiger partial charge in [-0.3, -0.25) is 4.79 Å². The number of aliphatic hydroxyl groups is 2. The van der Waals surface area contributed by atoms with Gasteiger partial charge in [-0.05, 0) is 63.0 Å². The maximum absolute atomic E-state index is 13.4. The number of carbonyl (C=O) groups is 2. The summed E-state index contributed by atoms with van der Waals surface area (Å²) in [5, 5.41) is 24.0. The van der Waals surface area contributed by atoms with Gasteiger partial charge in [0.1, 0.15) is 5.60 Å². The molecule has 0 aromatic carbocycles. The fraction of sp³-hybridized carbons (Fsp3) is 0.680. The molecule has 1 heterocycles. The summed E-state index contributed by atoms with van der Waals surface area (Å²) < 4.78 is 5.43. The molecule has 31 heavy (non-hydrogen) atoms. The van der Waals surface area contributed by atoms with Crippen LogP contribution in [0.5, 0.6) is 0 Å². The van der Waals surface area contributed by atoms with Gasteiger partial charge in [-0.15, -0.1) is 11.3 Å². The van der Waals surface area contributed by atoms with E-state index in [0.29, 0.717) is 12.0 Å². The van der Waals surface area contributed by atoms with Crippen molar-refractivity contribution >= 4 is 23.1 Å². The van der Waals surface area contributed by atoms with Crippen molar-refractivity contribution in [2.45, 2.75) is 103 Å². The van der Waals surface area contributed by atoms with E-state index in [-0.39, 0.29) is 37.1 Å². The molecule has 2 rings (SSSR count). The Kier molecular flexibility index (Phi) is 9.46. The molecule has 1 aliphatic rings. The van der Waals surface area contributed by atoms with Gasteiger partial charge in [0.05, 0.1) is 12.2 Å². The van der Waals surface area contributed by atoms with E-state index in [1.54, 1.807) is 31.3 Å². The maximum Gasteiger partial charge on any atom is 0.334 e. The third kappa shape index (κ3) is 6.27. The van der Waals surface area contributed by atoms with Gasteiger partial charge in [-0.25, -0.2) is 4.79 Å². The van der Waals surface area contributed by atoms with Crippen molar-refractivity contribution in [3.05, 3.63) is 33.5 Å². The number of unbranched alkanes of at least 4 members (excludes halogenated alkanes) is 2. The number of ether oxygens (including phenoxy) is 1. The number of hydrogen-bond donors (Lipinski definition) is 2. The van der Waals surface area contributed by atoms with Gasteiger partial charge < -0.3 is 14.9 Å². The number of aryl methyl sites for hydroxylation is 1. The van der Waals surface area contributed by atoms with Crippen LogP contribution in [0.25, 0.3) is 0 Å². The van der Waals surface area contributed by atoms with Crippen LogP contribution in [0.4, 0.5) is 0 Å². The number of ketones is 1. The van der Waals surface area contributed by atoms with Gasteiger partial charge in [0, 0.05) is 29.2 Å². The van der Waals surface area contributed by atoms with Crippen molar-refractivity contribution in [1.82, 2.24) is 0 Å². The van der Waals surface area contributed by atoms with Crippen LogP contribution >= 0.6 is 11.3 Å². The summed E-state index contributed by atoms with van der Waals surface area (Å²) in [4.78, 5) is 27.5. The lowest BCUT2D eigenvalue weighted by atomic mass is 9.77. The number of thiophene rings is 1. The zero-order valence-corrected chi connectivity index (χ0v) is 20.3. The van der Waals surface area contributed by atoms with Crippen molar-refractivity contribution in [3.8, 4) is 0 Å². The first kappa shape index (κ1) is 25.8. The van der Waals surface area contributed by atoms with Crippen molar-refractivity contribution in [3.63, 3.8) is 0 Å². The highest BCUT2D eigenvalue weighted by molar-refractivity contribution is 7.10. The Hall–Kier alpha value is -1.50. The van der Waals surface area contributed by atoms with Gasteiger partial charge in [0.15, 0.2) is 5.78 Å². The minimum atomic E-state index is -1.76. The van der Waals surface area contributed by atoms with Crippen LogP contribution < -0.4 is 0 Å². The topological polar surface area (TPSA) is 83.8 Å². The van der Waals surface area contributed by atoms with Crippen molar-refractivity contribution in [2.24, 2.45) is 5.92 Å². The van der Waals surface area contributed by atoms with Crippen LogP contribution in [0.15, 0.2) is 23.1 Å². The summed E-state index contributed by atoms with van der Waals surface area (Å²) in [5.74, 6) is -1.54. The molecule has 174 valence electrons. The minimum Gasteiger partial charge on any atom is -0.460 e. The van der Waals surface area contributed by atoms with Crippen LogP contribution in [-0.4, -0.2) is 39.8 Å². The van der Waals surface area contributed by atoms with E-state index in [1.807, 2.05) is 25.3 Å². The molecule has 5 nitrogen and oxygen atoms in total. The summed E-state index contributed by atoms with van der Waals surface area (Å²) in [7, 11) is 0. The molecule has 0 saturated heterocycles. The lowest BCUT2D eigenvalue weighted by molar-refractivity contribution is -0.147. The zero-order chi connectivity index (χ0) is 23.2. The average molecular weight is 451 g/mol. The SMILES string of the molecule is CCCCC=C(C(=O)OC(C)C)C1C[C@@H](O)C[C@]1(O)C(=O)C[C@@H](CC)c1ccsc1C. The largest absolute Gasteiger partial charge is 0.460 e. The number of allylic oxidation sites excluding steroid dienone is 1. The Labute approximate surface area is 190 Å². The quantitative estimate of drug-likeness (QED) is 0.279. The van der Waals surface area contributed by atoms with E-state index in [1.165, 1.54) is 4.88 Å². The molecule has 1 unspecified atom stereocenters. The van der Waals surface area contributed by atoms with E-state index in [9.17, 15) is 19.8 Å². The van der Waals surface area contributed by atoms with Crippen molar-refractivity contribution in [2.75, 3.05) is 0 Å². The number of Topliss-reactive ketones (excluding diaryl/α,β-unsaturated/α-hetero) is 1. The second-order valence-corrected chi connectivity index (χ2v) is 10.1. The van der Waals surface area contributed by atoms with E-state index >= 15 is 0 Å². The predicted molar refractivity (Wildman–Crippen MR) is 124 cm³/mol. The lowest BCUT2D eigenvalue weighted by Gasteiger charge is -2.31. The molecule has 1 saturated carbocycles. The van der Waals surface area contributed by atoms with Gasteiger partial charge in [-0.1, -0.05) is 32.8 Å². The van der Waals surface area contributed by atoms with Gasteiger partial charge in [-0.2, -0.15) is 0 Å². The molecule has 4 atom stereocenters. The number of carbonyl (C=O) groups excluding carboxylic acids is 2. The first-order valence-corrected chi connectivity index (χ1v) is 12.4. The van der Waals surface area contributed by atoms with E-state index in [2.05, 4.69) is 6.92 Å². The van der Waals surface area contributed by atoms with Crippen LogP contribution in [0.3, 0.4) is 0 Å². The van der Waals surface area contributed by atoms with Crippen LogP contribution in [0, 0.1) is 12.8 Å². The predicted octanol–water partition coefficient (Wildman–Crippen LogP) is 5.08. The van der Waals surface area contributed by atoms with E-state index < -0.39 is 23.6 Å². The molecular formula is C25H38O5S. The van der Waals surface area contributed by atoms with Gasteiger partial charge >= 0.3 is 5.97 Å². The van der Waals surface area contributed by atoms with E-state index in [4.69, 9.17) is 4.74 Å². The summed E-state index contributed by atoms with van der Waals surface area (Å²) in [6, 6.07) is 2.04. The number of rotatable bonds is 11. The van der Waals surface area contributed by atoms with Crippen LogP contribution in [0.1, 0.15) is 89.0 Å². The first-order valence-electron chi connectivity index (χ1n) is 11.5. The Balaban J connectivity index is 2.33. The van der Waals surface area contributed by atoms with Crippen molar-refractivity contribution in [1.29, 1.82) is 0 Å². The minimum absolute atomic E-state index is 0.0105. The number of hydrogen-bond acceptors (Lipinski definition) is 6. The maximum atomic E-state index is 13.4. The molecule has 0 amide bonds. The Bertz CT molecular complexity index is 781.